The Bertz CT molecular complexity index is 909. The quantitative estimate of drug-likeness (QED) is 0.389. The number of nitrogen functional groups attached to an aromatic ring is 1. The minimum Gasteiger partial charge on any atom is -0.393 e. The predicted molar refractivity (Wildman–Crippen MR) is 112 cm³/mol. The number of fused-ring (bicyclic) bond motifs is 2. The molecule has 2 aliphatic rings. The van der Waals surface area contributed by atoms with E-state index in [4.69, 9.17) is 5.73 Å². The normalized spacial score (nSPS) is 14.1. The van der Waals surface area contributed by atoms with Gasteiger partial charge in [0.05, 0.1) is 14.3 Å². The van der Waals surface area contributed by atoms with E-state index >= 15 is 0 Å². The second-order valence-corrected chi connectivity index (χ2v) is 8.10. The summed E-state index contributed by atoms with van der Waals surface area (Å²) in [5.41, 5.74) is 12.2. The number of aryl methyl sites for hydroxylation is 4. The van der Waals surface area contributed by atoms with E-state index < -0.39 is 0 Å². The van der Waals surface area contributed by atoms with Crippen LogP contribution in [0.3, 0.4) is 0 Å². The first-order valence-corrected chi connectivity index (χ1v) is 10.0. The van der Waals surface area contributed by atoms with Gasteiger partial charge in [0.2, 0.25) is 0 Å². The van der Waals surface area contributed by atoms with Crippen LogP contribution in [0, 0.1) is 34.1 Å². The zero-order valence-electron chi connectivity index (χ0n) is 15.9. The Morgan fingerprint density at radius 1 is 0.857 bits per heavy atom. The number of nitro groups is 2. The van der Waals surface area contributed by atoms with Gasteiger partial charge in [0.25, 0.3) is 11.4 Å². The first-order valence-electron chi connectivity index (χ1n) is 9.22. The van der Waals surface area contributed by atoms with Crippen LogP contribution in [0.15, 0.2) is 16.6 Å². The molecule has 8 heteroatoms. The third-order valence-electron chi connectivity index (χ3n) is 5.47. The summed E-state index contributed by atoms with van der Waals surface area (Å²) in [6, 6.07) is 4.03. The second-order valence-electron chi connectivity index (χ2n) is 7.31. The van der Waals surface area contributed by atoms with Gasteiger partial charge in [-0.05, 0) is 90.6 Å². The molecule has 0 atom stereocenters. The molecule has 148 valence electrons. The van der Waals surface area contributed by atoms with Crippen molar-refractivity contribution in [1.82, 2.24) is 0 Å². The maximum absolute atomic E-state index is 10.9. The molecule has 2 aromatic rings. The number of halogens is 1. The fraction of sp³-hybridized carbons (Fsp3) is 0.400. The topological polar surface area (TPSA) is 112 Å². The van der Waals surface area contributed by atoms with Crippen LogP contribution in [0.25, 0.3) is 0 Å². The van der Waals surface area contributed by atoms with Crippen LogP contribution in [-0.4, -0.2) is 9.85 Å². The molecule has 2 N–H and O–H groups in total. The molecule has 0 aromatic heterocycles. The molecule has 0 unspecified atom stereocenters. The highest BCUT2D eigenvalue weighted by molar-refractivity contribution is 9.10. The molecule has 0 saturated heterocycles. The van der Waals surface area contributed by atoms with Crippen LogP contribution in [0.5, 0.6) is 0 Å². The van der Waals surface area contributed by atoms with Crippen molar-refractivity contribution in [3.8, 4) is 0 Å². The van der Waals surface area contributed by atoms with Gasteiger partial charge < -0.3 is 5.73 Å². The smallest absolute Gasteiger partial charge is 0.295 e. The highest BCUT2D eigenvalue weighted by Crippen LogP contribution is 2.39. The minimum atomic E-state index is -0.355. The van der Waals surface area contributed by atoms with Crippen molar-refractivity contribution in [1.29, 1.82) is 0 Å². The molecule has 0 fully saturated rings. The van der Waals surface area contributed by atoms with E-state index in [2.05, 4.69) is 22.0 Å². The van der Waals surface area contributed by atoms with Gasteiger partial charge in [0.15, 0.2) is 0 Å². The van der Waals surface area contributed by atoms with Gasteiger partial charge in [-0.25, -0.2) is 0 Å². The van der Waals surface area contributed by atoms with Gasteiger partial charge in [-0.15, -0.1) is 0 Å². The summed E-state index contributed by atoms with van der Waals surface area (Å²) in [5.74, 6) is 0. The molecule has 0 bridgehead atoms. The van der Waals surface area contributed by atoms with Gasteiger partial charge in [-0.1, -0.05) is 12.1 Å². The summed E-state index contributed by atoms with van der Waals surface area (Å²) < 4.78 is 0.642. The first-order chi connectivity index (χ1) is 13.2. The fourth-order valence-corrected chi connectivity index (χ4v) is 4.62. The minimum absolute atomic E-state index is 0.137. The lowest BCUT2D eigenvalue weighted by atomic mass is 10.0. The monoisotopic (exact) mass is 447 g/mol. The van der Waals surface area contributed by atoms with Crippen LogP contribution in [0.1, 0.15) is 46.2 Å². The zero-order chi connectivity index (χ0) is 20.6. The van der Waals surface area contributed by atoms with E-state index in [9.17, 15) is 20.2 Å². The summed E-state index contributed by atoms with van der Waals surface area (Å²) in [6.45, 7) is 3.72. The van der Waals surface area contributed by atoms with Crippen molar-refractivity contribution in [2.24, 2.45) is 0 Å². The van der Waals surface area contributed by atoms with Gasteiger partial charge in [0, 0.05) is 11.1 Å². The SMILES string of the molecule is Cc1cc2c(c([N+](=O)[O-])c1Br)CCC2.Cc1cc2c(c([N+](=O)[O-])c1N)CCC2. The lowest BCUT2D eigenvalue weighted by Crippen LogP contribution is -2.02. The molecular formula is C20H22BrN3O4. The van der Waals surface area contributed by atoms with Crippen LogP contribution in [0.2, 0.25) is 0 Å². The summed E-state index contributed by atoms with van der Waals surface area (Å²) in [6.07, 6.45) is 5.58. The van der Waals surface area contributed by atoms with E-state index in [1.807, 2.05) is 19.9 Å². The van der Waals surface area contributed by atoms with E-state index in [0.717, 1.165) is 71.9 Å². The average molecular weight is 448 g/mol. The third-order valence-corrected chi connectivity index (χ3v) is 6.47. The molecular weight excluding hydrogens is 426 g/mol. The maximum Gasteiger partial charge on any atom is 0.295 e. The highest BCUT2D eigenvalue weighted by Gasteiger charge is 2.27. The van der Waals surface area contributed by atoms with Crippen molar-refractivity contribution < 1.29 is 9.85 Å². The lowest BCUT2D eigenvalue weighted by Gasteiger charge is -2.06. The van der Waals surface area contributed by atoms with Gasteiger partial charge in [0.1, 0.15) is 5.69 Å². The summed E-state index contributed by atoms with van der Waals surface area (Å²) in [7, 11) is 0. The van der Waals surface area contributed by atoms with E-state index in [1.54, 1.807) is 0 Å². The van der Waals surface area contributed by atoms with Gasteiger partial charge in [-0.3, -0.25) is 20.2 Å². The standard InChI is InChI=1S/C10H10BrNO2.C10H12N2O2/c2*1-6-5-7-3-2-4-8(7)10(9(6)11)12(13)14/h5H,2-4H2,1H3;5H,2-4,11H2,1H3. The summed E-state index contributed by atoms with van der Waals surface area (Å²) in [4.78, 5) is 21.1. The molecule has 0 saturated carbocycles. The Hall–Kier alpha value is -2.48. The molecule has 0 radical (unpaired) electrons. The third kappa shape index (κ3) is 3.61. The number of nitro benzene ring substituents is 2. The first kappa shape index (κ1) is 20.3. The van der Waals surface area contributed by atoms with Gasteiger partial charge >= 0.3 is 0 Å². The zero-order valence-corrected chi connectivity index (χ0v) is 17.5. The van der Waals surface area contributed by atoms with Crippen LogP contribution >= 0.6 is 15.9 Å². The van der Waals surface area contributed by atoms with E-state index in [0.29, 0.717) is 10.2 Å². The Morgan fingerprint density at radius 3 is 1.82 bits per heavy atom. The number of anilines is 1. The molecule has 0 aliphatic heterocycles. The molecule has 0 spiro atoms. The summed E-state index contributed by atoms with van der Waals surface area (Å²) >= 11 is 3.29. The van der Waals surface area contributed by atoms with Crippen molar-refractivity contribution in [3.05, 3.63) is 70.2 Å². The molecule has 4 rings (SSSR count). The number of hydrogen-bond donors (Lipinski definition) is 1. The van der Waals surface area contributed by atoms with Crippen molar-refractivity contribution >= 4 is 33.0 Å². The lowest BCUT2D eigenvalue weighted by molar-refractivity contribution is -0.386. The molecule has 2 aromatic carbocycles. The molecule has 0 heterocycles. The number of hydrogen-bond acceptors (Lipinski definition) is 5. The Morgan fingerprint density at radius 2 is 1.32 bits per heavy atom. The maximum atomic E-state index is 10.9. The van der Waals surface area contributed by atoms with Gasteiger partial charge in [-0.2, -0.15) is 0 Å². The number of rotatable bonds is 2. The molecule has 2 aliphatic carbocycles. The number of nitrogens with two attached hydrogens (primary N) is 1. The van der Waals surface area contributed by atoms with Crippen molar-refractivity contribution in [2.45, 2.75) is 52.4 Å². The van der Waals surface area contributed by atoms with E-state index in [1.165, 1.54) is 0 Å². The number of benzene rings is 2. The summed E-state index contributed by atoms with van der Waals surface area (Å²) in [5, 5.41) is 21.8. The Labute approximate surface area is 171 Å². The van der Waals surface area contributed by atoms with Crippen LogP contribution in [-0.2, 0) is 25.7 Å². The van der Waals surface area contributed by atoms with E-state index in [-0.39, 0.29) is 21.2 Å². The predicted octanol–water partition coefficient (Wildman–Crippen LogP) is 5.13. The van der Waals surface area contributed by atoms with Crippen LogP contribution in [0.4, 0.5) is 17.1 Å². The Kier molecular flexibility index (Phi) is 5.69. The molecule has 0 amide bonds. The van der Waals surface area contributed by atoms with Crippen LogP contribution < -0.4 is 5.73 Å². The number of nitrogens with zero attached hydrogens (tertiary/aromatic N) is 2. The average Bonchev–Trinajstić information content (AvgIpc) is 3.25. The van der Waals surface area contributed by atoms with Crippen molar-refractivity contribution in [3.63, 3.8) is 0 Å². The highest BCUT2D eigenvalue weighted by atomic mass is 79.9. The largest absolute Gasteiger partial charge is 0.393 e. The van der Waals surface area contributed by atoms with Crippen molar-refractivity contribution in [2.75, 3.05) is 5.73 Å². The second kappa shape index (κ2) is 7.87. The Balaban J connectivity index is 0.000000161. The fourth-order valence-electron chi connectivity index (χ4n) is 4.12. The molecule has 7 nitrogen and oxygen atoms in total. The molecule has 28 heavy (non-hydrogen) atoms.